The third-order valence-electron chi connectivity index (χ3n) is 2.44. The average Bonchev–Trinajstić information content (AvgIpc) is 2.65. The zero-order valence-electron chi connectivity index (χ0n) is 6.92. The number of hydrogen-bond donors (Lipinski definition) is 1. The second kappa shape index (κ2) is 3.10. The van der Waals surface area contributed by atoms with Gasteiger partial charge in [-0.2, -0.15) is 0 Å². The van der Waals surface area contributed by atoms with E-state index in [9.17, 15) is 4.79 Å². The molecule has 2 rings (SSSR count). The van der Waals surface area contributed by atoms with Crippen LogP contribution in [0, 0.1) is 0 Å². The predicted molar refractivity (Wildman–Crippen MR) is 55.2 cm³/mol. The first-order valence-corrected chi connectivity index (χ1v) is 5.77. The number of halogens is 1. The fourth-order valence-corrected chi connectivity index (χ4v) is 3.65. The Morgan fingerprint density at radius 3 is 2.77 bits per heavy atom. The maximum absolute atomic E-state index is 10.7. The number of carboxylic acid groups (broad SMARTS) is 1. The van der Waals surface area contributed by atoms with E-state index in [0.717, 1.165) is 17.3 Å². The van der Waals surface area contributed by atoms with Crippen LogP contribution in [0.15, 0.2) is 15.9 Å². The van der Waals surface area contributed by atoms with E-state index in [2.05, 4.69) is 15.9 Å². The maximum Gasteiger partial charge on any atom is 0.304 e. The van der Waals surface area contributed by atoms with Crippen LogP contribution < -0.4 is 0 Å². The first-order chi connectivity index (χ1) is 6.14. The number of hydrogen-bond acceptors (Lipinski definition) is 2. The lowest BCUT2D eigenvalue weighted by Gasteiger charge is -2.10. The van der Waals surface area contributed by atoms with E-state index < -0.39 is 5.97 Å². The second-order valence-corrected chi connectivity index (χ2v) is 5.22. The quantitative estimate of drug-likeness (QED) is 0.908. The summed E-state index contributed by atoms with van der Waals surface area (Å²) in [5.41, 5.74) is -0.0428. The van der Waals surface area contributed by atoms with Crippen LogP contribution in [0.25, 0.3) is 0 Å². The maximum atomic E-state index is 10.7. The minimum Gasteiger partial charge on any atom is -0.481 e. The topological polar surface area (TPSA) is 37.3 Å². The van der Waals surface area contributed by atoms with Crippen LogP contribution in [-0.4, -0.2) is 11.1 Å². The molecule has 0 radical (unpaired) electrons. The zero-order chi connectivity index (χ0) is 9.47. The van der Waals surface area contributed by atoms with Crippen molar-refractivity contribution in [1.29, 1.82) is 0 Å². The Balaban J connectivity index is 2.25. The van der Waals surface area contributed by atoms with E-state index in [1.807, 2.05) is 11.4 Å². The molecule has 70 valence electrons. The van der Waals surface area contributed by atoms with Gasteiger partial charge >= 0.3 is 5.97 Å². The molecule has 13 heavy (non-hydrogen) atoms. The Morgan fingerprint density at radius 2 is 2.38 bits per heavy atom. The number of thiophene rings is 1. The summed E-state index contributed by atoms with van der Waals surface area (Å²) in [5.74, 6) is -0.696. The molecule has 1 saturated carbocycles. The molecular weight excluding hydrogens is 252 g/mol. The normalized spacial score (nSPS) is 18.5. The minimum absolute atomic E-state index is 0.0428. The number of aliphatic carboxylic acids is 1. The summed E-state index contributed by atoms with van der Waals surface area (Å²) in [7, 11) is 0. The van der Waals surface area contributed by atoms with Crippen molar-refractivity contribution >= 4 is 33.2 Å². The molecule has 0 saturated heterocycles. The summed E-state index contributed by atoms with van der Waals surface area (Å²) in [6, 6.07) is 1.99. The van der Waals surface area contributed by atoms with Gasteiger partial charge in [-0.15, -0.1) is 11.3 Å². The monoisotopic (exact) mass is 260 g/mol. The molecular formula is C9H9BrO2S. The van der Waals surface area contributed by atoms with Crippen LogP contribution >= 0.6 is 27.3 Å². The van der Waals surface area contributed by atoms with Gasteiger partial charge in [0.2, 0.25) is 0 Å². The molecule has 0 aliphatic heterocycles. The van der Waals surface area contributed by atoms with Gasteiger partial charge < -0.3 is 5.11 Å². The molecule has 0 bridgehead atoms. The summed E-state index contributed by atoms with van der Waals surface area (Å²) in [6.07, 6.45) is 2.29. The summed E-state index contributed by atoms with van der Waals surface area (Å²) < 4.78 is 1.07. The van der Waals surface area contributed by atoms with Crippen molar-refractivity contribution in [1.82, 2.24) is 0 Å². The third kappa shape index (κ3) is 1.65. The van der Waals surface area contributed by atoms with Gasteiger partial charge in [-0.05, 0) is 40.2 Å². The first-order valence-electron chi connectivity index (χ1n) is 4.09. The number of carbonyl (C=O) groups is 1. The van der Waals surface area contributed by atoms with Crippen LogP contribution in [0.2, 0.25) is 0 Å². The lowest BCUT2D eigenvalue weighted by Crippen LogP contribution is -2.11. The summed E-state index contributed by atoms with van der Waals surface area (Å²) in [4.78, 5) is 11.9. The SMILES string of the molecule is O=C(O)CC1(c2sccc2Br)CC1. The predicted octanol–water partition coefficient (Wildman–Crippen LogP) is 3.02. The van der Waals surface area contributed by atoms with Gasteiger partial charge in [0.1, 0.15) is 0 Å². The van der Waals surface area contributed by atoms with Gasteiger partial charge in [-0.1, -0.05) is 0 Å². The molecule has 1 fully saturated rings. The molecule has 1 aliphatic rings. The molecule has 4 heteroatoms. The smallest absolute Gasteiger partial charge is 0.304 e. The summed E-state index contributed by atoms with van der Waals surface area (Å²) >= 11 is 5.10. The van der Waals surface area contributed by atoms with Gasteiger partial charge in [0.15, 0.2) is 0 Å². The van der Waals surface area contributed by atoms with Crippen molar-refractivity contribution in [2.75, 3.05) is 0 Å². The van der Waals surface area contributed by atoms with Crippen molar-refractivity contribution in [2.24, 2.45) is 0 Å². The average molecular weight is 261 g/mol. The Bertz CT molecular complexity index is 341. The zero-order valence-corrected chi connectivity index (χ0v) is 9.32. The Hall–Kier alpha value is -0.350. The van der Waals surface area contributed by atoms with E-state index in [1.54, 1.807) is 11.3 Å². The van der Waals surface area contributed by atoms with Crippen molar-refractivity contribution in [3.8, 4) is 0 Å². The fourth-order valence-electron chi connectivity index (χ4n) is 1.60. The molecule has 1 aromatic rings. The molecule has 0 unspecified atom stereocenters. The Kier molecular flexibility index (Phi) is 2.20. The van der Waals surface area contributed by atoms with Crippen molar-refractivity contribution in [2.45, 2.75) is 24.7 Å². The van der Waals surface area contributed by atoms with Gasteiger partial charge in [0.25, 0.3) is 0 Å². The van der Waals surface area contributed by atoms with Gasteiger partial charge in [0.05, 0.1) is 6.42 Å². The molecule has 1 heterocycles. The molecule has 2 nitrogen and oxygen atoms in total. The molecule has 0 spiro atoms. The van der Waals surface area contributed by atoms with Gasteiger partial charge in [-0.25, -0.2) is 0 Å². The van der Waals surface area contributed by atoms with Crippen LogP contribution in [0.3, 0.4) is 0 Å². The van der Waals surface area contributed by atoms with Crippen LogP contribution in [0.1, 0.15) is 24.1 Å². The molecule has 0 aromatic carbocycles. The summed E-state index contributed by atoms with van der Waals surface area (Å²) in [5, 5.41) is 10.8. The standard InChI is InChI=1S/C9H9BrO2S/c10-6-1-4-13-8(6)9(2-3-9)5-7(11)12/h1,4H,2-3,5H2,(H,11,12). The molecule has 0 atom stereocenters. The molecule has 1 N–H and O–H groups in total. The molecule has 1 aliphatic carbocycles. The lowest BCUT2D eigenvalue weighted by molar-refractivity contribution is -0.137. The Morgan fingerprint density at radius 1 is 1.69 bits per heavy atom. The van der Waals surface area contributed by atoms with Crippen molar-refractivity contribution < 1.29 is 9.90 Å². The van der Waals surface area contributed by atoms with Crippen molar-refractivity contribution in [3.63, 3.8) is 0 Å². The highest BCUT2D eigenvalue weighted by Crippen LogP contribution is 2.54. The largest absolute Gasteiger partial charge is 0.481 e. The van der Waals surface area contributed by atoms with Gasteiger partial charge in [0, 0.05) is 14.8 Å². The third-order valence-corrected chi connectivity index (χ3v) is 4.53. The van der Waals surface area contributed by atoms with Crippen LogP contribution in [0.4, 0.5) is 0 Å². The van der Waals surface area contributed by atoms with E-state index in [-0.39, 0.29) is 11.8 Å². The minimum atomic E-state index is -0.696. The highest BCUT2D eigenvalue weighted by molar-refractivity contribution is 9.10. The fraction of sp³-hybridized carbons (Fsp3) is 0.444. The van der Waals surface area contributed by atoms with Crippen molar-refractivity contribution in [3.05, 3.63) is 20.8 Å². The number of carboxylic acids is 1. The van der Waals surface area contributed by atoms with Crippen LogP contribution in [0.5, 0.6) is 0 Å². The van der Waals surface area contributed by atoms with Crippen LogP contribution in [-0.2, 0) is 10.2 Å². The van der Waals surface area contributed by atoms with E-state index >= 15 is 0 Å². The van der Waals surface area contributed by atoms with Gasteiger partial charge in [-0.3, -0.25) is 4.79 Å². The summed E-state index contributed by atoms with van der Waals surface area (Å²) in [6.45, 7) is 0. The highest BCUT2D eigenvalue weighted by Gasteiger charge is 2.47. The Labute approximate surface area is 88.7 Å². The molecule has 0 amide bonds. The molecule has 1 aromatic heterocycles. The number of rotatable bonds is 3. The lowest BCUT2D eigenvalue weighted by atomic mass is 10.0. The first kappa shape index (κ1) is 9.21. The van der Waals surface area contributed by atoms with E-state index in [1.165, 1.54) is 4.88 Å². The second-order valence-electron chi connectivity index (χ2n) is 3.45. The van der Waals surface area contributed by atoms with E-state index in [4.69, 9.17) is 5.11 Å². The van der Waals surface area contributed by atoms with E-state index in [0.29, 0.717) is 0 Å². The highest BCUT2D eigenvalue weighted by atomic mass is 79.9.